The number of hydrogen-bond donors (Lipinski definition) is 4. The van der Waals surface area contributed by atoms with E-state index >= 15 is 0 Å². The monoisotopic (exact) mass is 587 g/mol. The highest BCUT2D eigenvalue weighted by Crippen LogP contribution is 2.43. The summed E-state index contributed by atoms with van der Waals surface area (Å²) in [6.07, 6.45) is 24.2. The van der Waals surface area contributed by atoms with Crippen molar-refractivity contribution in [3.63, 3.8) is 0 Å². The summed E-state index contributed by atoms with van der Waals surface area (Å²) in [5.41, 5.74) is 0. The molecule has 0 saturated heterocycles. The quantitative estimate of drug-likeness (QED) is 0.0535. The van der Waals surface area contributed by atoms with Gasteiger partial charge in [0, 0.05) is 13.3 Å². The molecule has 0 aromatic carbocycles. The second-order valence-electron chi connectivity index (χ2n) is 8.96. The first-order valence-electron chi connectivity index (χ1n) is 13.6. The highest BCUT2D eigenvalue weighted by atomic mass is 31.2. The molecule has 0 radical (unpaired) electrons. The van der Waals surface area contributed by atoms with Gasteiger partial charge in [0.15, 0.2) is 6.04 Å². The Bertz CT molecular complexity index is 884. The molecular weight excluding hydrogens is 541 g/mol. The van der Waals surface area contributed by atoms with E-state index in [2.05, 4.69) is 62.5 Å². The van der Waals surface area contributed by atoms with Crippen molar-refractivity contribution in [2.24, 2.45) is 0 Å². The number of amides is 1. The fraction of sp³-hybridized carbons (Fsp3) is 0.607. The van der Waals surface area contributed by atoms with Crippen molar-refractivity contribution in [1.29, 1.82) is 0 Å². The fourth-order valence-corrected chi connectivity index (χ4v) is 3.80. The van der Waals surface area contributed by atoms with Crippen molar-refractivity contribution in [2.45, 2.75) is 90.2 Å². The average Bonchev–Trinajstić information content (AvgIpc) is 2.90. The number of hydrogen-bond acceptors (Lipinski definition) is 8. The molecule has 0 aromatic heterocycles. The zero-order chi connectivity index (χ0) is 30.1. The lowest BCUT2D eigenvalue weighted by Gasteiger charge is -2.18. The number of aliphatic carboxylic acids is 1. The number of esters is 1. The maximum Gasteiger partial charge on any atom is 0.472 e. The molecule has 0 spiro atoms. The van der Waals surface area contributed by atoms with Gasteiger partial charge in [0.2, 0.25) is 5.91 Å². The zero-order valence-corrected chi connectivity index (χ0v) is 24.5. The van der Waals surface area contributed by atoms with Crippen molar-refractivity contribution in [2.75, 3.05) is 19.8 Å². The summed E-state index contributed by atoms with van der Waals surface area (Å²) in [5.74, 6) is -2.65. The number of rotatable bonds is 24. The predicted molar refractivity (Wildman–Crippen MR) is 152 cm³/mol. The van der Waals surface area contributed by atoms with E-state index in [9.17, 15) is 34.1 Å². The number of phosphoric ester groups is 1. The van der Waals surface area contributed by atoms with Gasteiger partial charge in [0.25, 0.3) is 0 Å². The SMILES string of the molecule is CCCCC/C=C\C/C=C\C/C=C\C/C=C\CCCC(=O)NC(COP(=O)(O)OCC(O)COC(C)=O)C(=O)O. The first-order chi connectivity index (χ1) is 19.1. The summed E-state index contributed by atoms with van der Waals surface area (Å²) in [7, 11) is -4.72. The van der Waals surface area contributed by atoms with Crippen molar-refractivity contribution < 1.29 is 47.8 Å². The number of nitrogens with one attached hydrogen (secondary N) is 1. The summed E-state index contributed by atoms with van der Waals surface area (Å²) < 4.78 is 25.6. The number of aliphatic hydroxyl groups is 1. The minimum Gasteiger partial charge on any atom is -0.480 e. The Balaban J connectivity index is 4.10. The first kappa shape index (κ1) is 37.4. The van der Waals surface area contributed by atoms with Crippen LogP contribution in [-0.4, -0.2) is 64.9 Å². The van der Waals surface area contributed by atoms with Crippen LogP contribution in [0.4, 0.5) is 0 Å². The maximum atomic E-state index is 12.1. The second kappa shape index (κ2) is 24.3. The van der Waals surface area contributed by atoms with Crippen LogP contribution in [0.2, 0.25) is 0 Å². The Labute approximate surface area is 237 Å². The van der Waals surface area contributed by atoms with Gasteiger partial charge in [-0.3, -0.25) is 18.6 Å². The van der Waals surface area contributed by atoms with Gasteiger partial charge in [-0.2, -0.15) is 0 Å². The van der Waals surface area contributed by atoms with Gasteiger partial charge in [0.1, 0.15) is 12.7 Å². The Morgan fingerprint density at radius 2 is 1.35 bits per heavy atom. The number of phosphoric acid groups is 1. The molecular formula is C28H46NO10P. The van der Waals surface area contributed by atoms with Crippen LogP contribution < -0.4 is 5.32 Å². The zero-order valence-electron chi connectivity index (χ0n) is 23.6. The Hall–Kier alpha value is -2.56. The highest BCUT2D eigenvalue weighted by Gasteiger charge is 2.28. The molecule has 40 heavy (non-hydrogen) atoms. The summed E-state index contributed by atoms with van der Waals surface area (Å²) in [6, 6.07) is -1.57. The lowest BCUT2D eigenvalue weighted by molar-refractivity contribution is -0.144. The van der Waals surface area contributed by atoms with E-state index in [0.717, 1.165) is 32.6 Å². The molecule has 4 N–H and O–H groups in total. The molecule has 0 aromatic rings. The minimum absolute atomic E-state index is 0.0669. The van der Waals surface area contributed by atoms with Crippen molar-refractivity contribution >= 4 is 25.7 Å². The largest absolute Gasteiger partial charge is 0.480 e. The minimum atomic E-state index is -4.72. The van der Waals surface area contributed by atoms with E-state index in [0.29, 0.717) is 12.8 Å². The van der Waals surface area contributed by atoms with Crippen LogP contribution in [0, 0.1) is 0 Å². The normalized spacial score (nSPS) is 15.1. The van der Waals surface area contributed by atoms with E-state index in [1.807, 2.05) is 12.2 Å². The Morgan fingerprint density at radius 1 is 0.825 bits per heavy atom. The predicted octanol–water partition coefficient (Wildman–Crippen LogP) is 4.76. The van der Waals surface area contributed by atoms with Gasteiger partial charge in [-0.15, -0.1) is 0 Å². The highest BCUT2D eigenvalue weighted by molar-refractivity contribution is 7.47. The summed E-state index contributed by atoms with van der Waals surface area (Å²) in [4.78, 5) is 43.8. The molecule has 0 fully saturated rings. The molecule has 1 amide bonds. The van der Waals surface area contributed by atoms with Crippen LogP contribution in [0.15, 0.2) is 48.6 Å². The average molecular weight is 588 g/mol. The van der Waals surface area contributed by atoms with Crippen LogP contribution in [0.1, 0.15) is 78.1 Å². The van der Waals surface area contributed by atoms with E-state index in [1.165, 1.54) is 19.3 Å². The number of carbonyl (C=O) groups excluding carboxylic acids is 2. The molecule has 228 valence electrons. The Morgan fingerprint density at radius 3 is 1.88 bits per heavy atom. The van der Waals surface area contributed by atoms with Crippen LogP contribution in [0.25, 0.3) is 0 Å². The number of allylic oxidation sites excluding steroid dienone is 8. The van der Waals surface area contributed by atoms with Gasteiger partial charge >= 0.3 is 19.8 Å². The van der Waals surface area contributed by atoms with E-state index in [4.69, 9.17) is 0 Å². The number of carboxylic acid groups (broad SMARTS) is 1. The summed E-state index contributed by atoms with van der Waals surface area (Å²) in [6.45, 7) is 1.35. The van der Waals surface area contributed by atoms with Gasteiger partial charge < -0.3 is 25.2 Å². The van der Waals surface area contributed by atoms with Crippen molar-refractivity contribution in [3.05, 3.63) is 48.6 Å². The third-order valence-electron chi connectivity index (χ3n) is 5.18. The molecule has 11 nitrogen and oxygen atoms in total. The molecule has 0 bridgehead atoms. The molecule has 0 aliphatic carbocycles. The number of carboxylic acids is 1. The third kappa shape index (κ3) is 24.5. The van der Waals surface area contributed by atoms with Crippen LogP contribution in [-0.2, 0) is 32.7 Å². The lowest BCUT2D eigenvalue weighted by Crippen LogP contribution is -2.43. The topological polar surface area (TPSA) is 169 Å². The fourth-order valence-electron chi connectivity index (χ4n) is 3.03. The van der Waals surface area contributed by atoms with E-state index in [1.54, 1.807) is 0 Å². The van der Waals surface area contributed by atoms with Crippen LogP contribution >= 0.6 is 7.82 Å². The number of aliphatic hydroxyl groups excluding tert-OH is 1. The number of carbonyl (C=O) groups is 3. The van der Waals surface area contributed by atoms with Crippen molar-refractivity contribution in [3.8, 4) is 0 Å². The molecule has 0 aliphatic heterocycles. The maximum absolute atomic E-state index is 12.1. The third-order valence-corrected chi connectivity index (χ3v) is 6.13. The number of ether oxygens (including phenoxy) is 1. The van der Waals surface area contributed by atoms with Gasteiger partial charge in [-0.1, -0.05) is 68.4 Å². The molecule has 0 heterocycles. The summed E-state index contributed by atoms with van der Waals surface area (Å²) >= 11 is 0. The van der Waals surface area contributed by atoms with Crippen LogP contribution in [0.3, 0.4) is 0 Å². The molecule has 0 saturated carbocycles. The van der Waals surface area contributed by atoms with E-state index < -0.39 is 57.6 Å². The standard InChI is InChI=1S/C28H46NO10P/c1-3-4-5-6-7-8-9-10-11-12-13-14-15-16-17-18-19-20-27(32)29-26(28(33)34)23-39-40(35,36)38-22-25(31)21-37-24(2)30/h7-8,10-11,13-14,16-17,25-26,31H,3-6,9,12,15,18-23H2,1-2H3,(H,29,32)(H,33,34)(H,35,36)/b8-7-,11-10-,14-13-,17-16-. The molecule has 3 unspecified atom stereocenters. The number of unbranched alkanes of at least 4 members (excludes halogenated alkanes) is 4. The molecule has 0 aliphatic rings. The van der Waals surface area contributed by atoms with Crippen LogP contribution in [0.5, 0.6) is 0 Å². The van der Waals surface area contributed by atoms with Gasteiger partial charge in [-0.25, -0.2) is 9.36 Å². The molecule has 0 rings (SSSR count). The lowest BCUT2D eigenvalue weighted by atomic mass is 10.2. The second-order valence-corrected chi connectivity index (χ2v) is 10.4. The molecule has 3 atom stereocenters. The van der Waals surface area contributed by atoms with Gasteiger partial charge in [-0.05, 0) is 44.9 Å². The van der Waals surface area contributed by atoms with Crippen molar-refractivity contribution in [1.82, 2.24) is 5.32 Å². The van der Waals surface area contributed by atoms with E-state index in [-0.39, 0.29) is 6.42 Å². The van der Waals surface area contributed by atoms with Gasteiger partial charge in [0.05, 0.1) is 13.2 Å². The molecule has 12 heteroatoms. The Kier molecular flexibility index (Phi) is 22.7. The summed E-state index contributed by atoms with van der Waals surface area (Å²) in [5, 5.41) is 21.0. The first-order valence-corrected chi connectivity index (χ1v) is 15.1. The smallest absolute Gasteiger partial charge is 0.472 e.